The van der Waals surface area contributed by atoms with E-state index >= 15 is 0 Å². The lowest BCUT2D eigenvalue weighted by molar-refractivity contribution is 0.318. The van der Waals surface area contributed by atoms with Gasteiger partial charge in [-0.1, -0.05) is 43.3 Å². The molecule has 0 spiro atoms. The monoisotopic (exact) mass is 281 g/mol. The van der Waals surface area contributed by atoms with E-state index in [2.05, 4.69) is 54.7 Å². The molecule has 0 aliphatic heterocycles. The Balaban J connectivity index is 1.70. The highest BCUT2D eigenvalue weighted by molar-refractivity contribution is 5.57. The van der Waals surface area contributed by atoms with Crippen molar-refractivity contribution in [1.82, 2.24) is 0 Å². The summed E-state index contributed by atoms with van der Waals surface area (Å²) in [5.74, 6) is 0.971. The van der Waals surface area contributed by atoms with Gasteiger partial charge in [0.15, 0.2) is 0 Å². The van der Waals surface area contributed by atoms with Crippen LogP contribution in [-0.4, -0.2) is 12.6 Å². The molecular weight excluding hydrogens is 258 g/mol. The Labute approximate surface area is 127 Å². The molecule has 0 aromatic heterocycles. The molecule has 0 heterocycles. The molecule has 1 aliphatic carbocycles. The number of para-hydroxylation sites is 2. The van der Waals surface area contributed by atoms with Crippen molar-refractivity contribution in [2.75, 3.05) is 11.9 Å². The molecule has 0 amide bonds. The molecule has 0 radical (unpaired) electrons. The van der Waals surface area contributed by atoms with Crippen LogP contribution in [0.2, 0.25) is 0 Å². The zero-order valence-corrected chi connectivity index (χ0v) is 12.6. The van der Waals surface area contributed by atoms with E-state index in [1.165, 1.54) is 17.5 Å². The Kier molecular flexibility index (Phi) is 4.44. The number of ether oxygens (including phenoxy) is 1. The number of hydrogen-bond acceptors (Lipinski definition) is 2. The van der Waals surface area contributed by atoms with Crippen molar-refractivity contribution in [3.63, 3.8) is 0 Å². The highest BCUT2D eigenvalue weighted by Gasteiger charge is 2.18. The predicted octanol–water partition coefficient (Wildman–Crippen LogP) is 4.44. The van der Waals surface area contributed by atoms with Crippen LogP contribution in [0.3, 0.4) is 0 Å². The van der Waals surface area contributed by atoms with E-state index in [0.717, 1.165) is 37.3 Å². The summed E-state index contributed by atoms with van der Waals surface area (Å²) >= 11 is 0. The van der Waals surface area contributed by atoms with Crippen molar-refractivity contribution in [2.45, 2.75) is 38.6 Å². The van der Waals surface area contributed by atoms with Crippen molar-refractivity contribution in [3.8, 4) is 5.75 Å². The summed E-state index contributed by atoms with van der Waals surface area (Å²) in [5, 5.41) is 3.67. The molecule has 1 atom stereocenters. The van der Waals surface area contributed by atoms with Gasteiger partial charge in [0.2, 0.25) is 0 Å². The highest BCUT2D eigenvalue weighted by Crippen LogP contribution is 2.28. The maximum absolute atomic E-state index is 5.83. The molecule has 2 aromatic rings. The Morgan fingerprint density at radius 1 is 1.05 bits per heavy atom. The first kappa shape index (κ1) is 14.0. The molecule has 3 rings (SSSR count). The lowest BCUT2D eigenvalue weighted by Crippen LogP contribution is -2.27. The summed E-state index contributed by atoms with van der Waals surface area (Å²) in [6.45, 7) is 2.90. The van der Waals surface area contributed by atoms with Crippen molar-refractivity contribution in [3.05, 3.63) is 59.7 Å². The van der Waals surface area contributed by atoms with Crippen LogP contribution < -0.4 is 10.1 Å². The second-order valence-corrected chi connectivity index (χ2v) is 5.70. The fraction of sp³-hybridized carbons (Fsp3) is 0.368. The Hall–Kier alpha value is -1.96. The third-order valence-corrected chi connectivity index (χ3v) is 4.06. The second-order valence-electron chi connectivity index (χ2n) is 5.70. The van der Waals surface area contributed by atoms with Crippen LogP contribution >= 0.6 is 0 Å². The lowest BCUT2D eigenvalue weighted by Gasteiger charge is -2.27. The van der Waals surface area contributed by atoms with E-state index in [1.807, 2.05) is 6.07 Å². The second kappa shape index (κ2) is 6.66. The Morgan fingerprint density at radius 3 is 2.67 bits per heavy atom. The summed E-state index contributed by atoms with van der Waals surface area (Å²) in [4.78, 5) is 0. The standard InChI is InChI=1S/C19H23NO/c1-2-13-21-19-10-6-5-9-18(19)20-17-12-11-15-7-3-4-8-16(15)14-17/h3-10,17,20H,2,11-14H2,1H3. The molecule has 0 fully saturated rings. The van der Waals surface area contributed by atoms with Crippen LogP contribution in [0.4, 0.5) is 5.69 Å². The van der Waals surface area contributed by atoms with Crippen LogP contribution in [0.1, 0.15) is 30.9 Å². The molecule has 0 saturated heterocycles. The number of hydrogen-bond donors (Lipinski definition) is 1. The summed E-state index contributed by atoms with van der Waals surface area (Å²) in [6.07, 6.45) is 4.47. The third kappa shape index (κ3) is 3.38. The fourth-order valence-corrected chi connectivity index (χ4v) is 2.96. The van der Waals surface area contributed by atoms with Crippen molar-refractivity contribution in [2.24, 2.45) is 0 Å². The molecule has 1 aliphatic rings. The van der Waals surface area contributed by atoms with Crippen molar-refractivity contribution >= 4 is 5.69 Å². The van der Waals surface area contributed by atoms with Gasteiger partial charge in [-0.25, -0.2) is 0 Å². The fourth-order valence-electron chi connectivity index (χ4n) is 2.96. The van der Waals surface area contributed by atoms with Gasteiger partial charge in [-0.15, -0.1) is 0 Å². The first-order valence-corrected chi connectivity index (χ1v) is 7.92. The molecule has 0 saturated carbocycles. The number of benzene rings is 2. The first-order chi connectivity index (χ1) is 10.4. The molecule has 2 heteroatoms. The van der Waals surface area contributed by atoms with E-state index < -0.39 is 0 Å². The average Bonchev–Trinajstić information content (AvgIpc) is 2.54. The third-order valence-electron chi connectivity index (χ3n) is 4.06. The Bertz CT molecular complexity index is 594. The molecule has 110 valence electrons. The quantitative estimate of drug-likeness (QED) is 0.874. The van der Waals surface area contributed by atoms with Crippen LogP contribution in [0.5, 0.6) is 5.75 Å². The highest BCUT2D eigenvalue weighted by atomic mass is 16.5. The SMILES string of the molecule is CCCOc1ccccc1NC1CCc2ccccc2C1. The smallest absolute Gasteiger partial charge is 0.142 e. The minimum atomic E-state index is 0.492. The van der Waals surface area contributed by atoms with Gasteiger partial charge in [-0.2, -0.15) is 0 Å². The zero-order valence-electron chi connectivity index (χ0n) is 12.6. The number of nitrogens with one attached hydrogen (secondary N) is 1. The van der Waals surface area contributed by atoms with Crippen LogP contribution in [0.25, 0.3) is 0 Å². The molecule has 1 N–H and O–H groups in total. The minimum Gasteiger partial charge on any atom is -0.491 e. The van der Waals surface area contributed by atoms with E-state index in [1.54, 1.807) is 0 Å². The lowest BCUT2D eigenvalue weighted by atomic mass is 9.88. The van der Waals surface area contributed by atoms with Gasteiger partial charge >= 0.3 is 0 Å². The van der Waals surface area contributed by atoms with Crippen LogP contribution in [0, 0.1) is 0 Å². The molecule has 2 nitrogen and oxygen atoms in total. The number of rotatable bonds is 5. The predicted molar refractivity (Wildman–Crippen MR) is 88.1 cm³/mol. The molecule has 21 heavy (non-hydrogen) atoms. The van der Waals surface area contributed by atoms with Gasteiger partial charge in [-0.3, -0.25) is 0 Å². The topological polar surface area (TPSA) is 21.3 Å². The van der Waals surface area contributed by atoms with Gasteiger partial charge in [0.05, 0.1) is 12.3 Å². The number of anilines is 1. The molecular formula is C19H23NO. The first-order valence-electron chi connectivity index (χ1n) is 7.92. The van der Waals surface area contributed by atoms with Gasteiger partial charge in [-0.05, 0) is 48.9 Å². The van der Waals surface area contributed by atoms with Gasteiger partial charge in [0.25, 0.3) is 0 Å². The van der Waals surface area contributed by atoms with Crippen LogP contribution in [-0.2, 0) is 12.8 Å². The maximum Gasteiger partial charge on any atom is 0.142 e. The summed E-state index contributed by atoms with van der Waals surface area (Å²) in [5.41, 5.74) is 4.11. The van der Waals surface area contributed by atoms with Crippen molar-refractivity contribution < 1.29 is 4.74 Å². The Morgan fingerprint density at radius 2 is 1.81 bits per heavy atom. The van der Waals surface area contributed by atoms with Gasteiger partial charge < -0.3 is 10.1 Å². The van der Waals surface area contributed by atoms with Crippen molar-refractivity contribution in [1.29, 1.82) is 0 Å². The minimum absolute atomic E-state index is 0.492. The summed E-state index contributed by atoms with van der Waals surface area (Å²) in [6, 6.07) is 17.5. The van der Waals surface area contributed by atoms with Crippen LogP contribution in [0.15, 0.2) is 48.5 Å². The maximum atomic E-state index is 5.83. The largest absolute Gasteiger partial charge is 0.491 e. The summed E-state index contributed by atoms with van der Waals surface area (Å²) in [7, 11) is 0. The number of fused-ring (bicyclic) bond motifs is 1. The molecule has 1 unspecified atom stereocenters. The normalized spacial score (nSPS) is 17.1. The molecule has 2 aromatic carbocycles. The molecule has 0 bridgehead atoms. The van der Waals surface area contributed by atoms with E-state index in [-0.39, 0.29) is 0 Å². The zero-order chi connectivity index (χ0) is 14.5. The van der Waals surface area contributed by atoms with E-state index in [9.17, 15) is 0 Å². The van der Waals surface area contributed by atoms with E-state index in [4.69, 9.17) is 4.74 Å². The van der Waals surface area contributed by atoms with E-state index in [0.29, 0.717) is 6.04 Å². The average molecular weight is 281 g/mol. The van der Waals surface area contributed by atoms with Gasteiger partial charge in [0, 0.05) is 6.04 Å². The summed E-state index contributed by atoms with van der Waals surface area (Å²) < 4.78 is 5.83. The van der Waals surface area contributed by atoms with Gasteiger partial charge in [0.1, 0.15) is 5.75 Å². The number of aryl methyl sites for hydroxylation is 1.